The van der Waals surface area contributed by atoms with Gasteiger partial charge in [0.25, 0.3) is 5.56 Å². The molecule has 0 fully saturated rings. The van der Waals surface area contributed by atoms with E-state index in [4.69, 9.17) is 11.6 Å². The Morgan fingerprint density at radius 3 is 2.51 bits per heavy atom. The summed E-state index contributed by atoms with van der Waals surface area (Å²) >= 11 is 7.32. The molecule has 1 atom stereocenters. The number of nitrogens with zero attached hydrogens (tertiary/aromatic N) is 3. The zero-order valence-electron chi connectivity index (χ0n) is 18.9. The Balaban J connectivity index is 1.78. The highest BCUT2D eigenvalue weighted by Gasteiger charge is 2.28. The van der Waals surface area contributed by atoms with Crippen LogP contribution in [0.1, 0.15) is 28.4 Å². The van der Waals surface area contributed by atoms with Crippen LogP contribution in [-0.4, -0.2) is 24.6 Å². The summed E-state index contributed by atoms with van der Waals surface area (Å²) in [5.74, 6) is -1.32. The molecule has 0 aliphatic rings. The quantitative estimate of drug-likeness (QED) is 0.371. The second-order valence-electron chi connectivity index (χ2n) is 8.44. The second kappa shape index (κ2) is 8.79. The number of carboxylic acid groups (broad SMARTS) is 1. The molecule has 3 aromatic carbocycles. The van der Waals surface area contributed by atoms with Crippen molar-refractivity contribution >= 4 is 50.1 Å². The zero-order valence-corrected chi connectivity index (χ0v) is 20.4. The Morgan fingerprint density at radius 2 is 1.80 bits per heavy atom. The van der Waals surface area contributed by atoms with E-state index in [-0.39, 0.29) is 17.5 Å². The summed E-state index contributed by atoms with van der Waals surface area (Å²) in [6.07, 6.45) is 0. The Bertz CT molecular complexity index is 1730. The monoisotopic (exact) mass is 505 g/mol. The van der Waals surface area contributed by atoms with E-state index < -0.39 is 23.3 Å². The van der Waals surface area contributed by atoms with Crippen LogP contribution in [-0.2, 0) is 11.3 Å². The van der Waals surface area contributed by atoms with Crippen molar-refractivity contribution in [2.45, 2.75) is 26.4 Å². The average molecular weight is 506 g/mol. The van der Waals surface area contributed by atoms with Crippen LogP contribution in [0, 0.1) is 13.8 Å². The first kappa shape index (κ1) is 23.0. The maximum Gasteiger partial charge on any atom is 0.332 e. The predicted octanol–water partition coefficient (Wildman–Crippen LogP) is 4.77. The average Bonchev–Trinajstić information content (AvgIpc) is 3.22. The number of carboxylic acids is 1. The van der Waals surface area contributed by atoms with Crippen molar-refractivity contribution in [1.82, 2.24) is 13.5 Å². The molecule has 35 heavy (non-hydrogen) atoms. The molecule has 2 heterocycles. The fourth-order valence-corrected chi connectivity index (χ4v) is 5.64. The first-order chi connectivity index (χ1) is 16.8. The molecule has 9 heteroatoms. The van der Waals surface area contributed by atoms with Crippen molar-refractivity contribution in [2.24, 2.45) is 0 Å². The fraction of sp³-hybridized carbons (Fsp3) is 0.154. The van der Waals surface area contributed by atoms with Crippen molar-refractivity contribution in [3.63, 3.8) is 0 Å². The molecule has 1 N–H and O–H groups in total. The number of aliphatic carboxylic acids is 1. The van der Waals surface area contributed by atoms with Gasteiger partial charge in [-0.15, -0.1) is 0 Å². The molecule has 0 saturated carbocycles. The van der Waals surface area contributed by atoms with Crippen LogP contribution in [0.5, 0.6) is 0 Å². The maximum absolute atomic E-state index is 13.8. The number of aryl methyl sites for hydroxylation is 2. The van der Waals surface area contributed by atoms with Gasteiger partial charge in [-0.25, -0.2) is 14.2 Å². The van der Waals surface area contributed by atoms with Crippen molar-refractivity contribution in [3.05, 3.63) is 109 Å². The first-order valence-electron chi connectivity index (χ1n) is 10.8. The standard InChI is InChI=1S/C26H20ClN3O4S/c1-14-11-15(2)22-19(28-35-21(22)12-14)13-29-20-6-4-3-5-18(20)24(31)30(26(29)34)23(25(32)33)16-7-9-17(27)10-8-16/h3-12,23H,13H2,1-2H3,(H,32,33)/t23-/m1/s1. The smallest absolute Gasteiger partial charge is 0.332 e. The van der Waals surface area contributed by atoms with Crippen molar-refractivity contribution in [1.29, 1.82) is 0 Å². The summed E-state index contributed by atoms with van der Waals surface area (Å²) in [5, 5.41) is 11.7. The van der Waals surface area contributed by atoms with Crippen molar-refractivity contribution < 1.29 is 9.90 Å². The molecule has 0 aliphatic heterocycles. The van der Waals surface area contributed by atoms with E-state index in [2.05, 4.69) is 10.4 Å². The molecule has 5 aromatic rings. The number of hydrogen-bond acceptors (Lipinski definition) is 5. The van der Waals surface area contributed by atoms with E-state index in [1.807, 2.05) is 19.9 Å². The van der Waals surface area contributed by atoms with Gasteiger partial charge in [0.1, 0.15) is 0 Å². The van der Waals surface area contributed by atoms with E-state index >= 15 is 0 Å². The topological polar surface area (TPSA) is 94.2 Å². The highest BCUT2D eigenvalue weighted by atomic mass is 35.5. The first-order valence-corrected chi connectivity index (χ1v) is 12.0. The van der Waals surface area contributed by atoms with Gasteiger partial charge in [0.2, 0.25) is 0 Å². The van der Waals surface area contributed by atoms with Gasteiger partial charge in [0.15, 0.2) is 6.04 Å². The summed E-state index contributed by atoms with van der Waals surface area (Å²) in [6, 6.07) is 15.4. The summed E-state index contributed by atoms with van der Waals surface area (Å²) in [7, 11) is 0. The molecule has 5 rings (SSSR count). The van der Waals surface area contributed by atoms with Gasteiger partial charge < -0.3 is 5.11 Å². The van der Waals surface area contributed by atoms with Crippen LogP contribution in [0.4, 0.5) is 0 Å². The van der Waals surface area contributed by atoms with Gasteiger partial charge in [-0.1, -0.05) is 41.9 Å². The van der Waals surface area contributed by atoms with Crippen LogP contribution in [0.15, 0.2) is 70.3 Å². The number of fused-ring (bicyclic) bond motifs is 2. The Labute approximate surface area is 208 Å². The molecular formula is C26H20ClN3O4S. The third-order valence-electron chi connectivity index (χ3n) is 6.05. The molecule has 0 aliphatic carbocycles. The minimum absolute atomic E-state index is 0.0937. The molecule has 0 saturated heterocycles. The van der Waals surface area contributed by atoms with Gasteiger partial charge in [-0.05, 0) is 72.4 Å². The lowest BCUT2D eigenvalue weighted by Gasteiger charge is -2.19. The maximum atomic E-state index is 13.8. The number of aromatic nitrogens is 3. The molecule has 176 valence electrons. The zero-order chi connectivity index (χ0) is 24.9. The second-order valence-corrected chi connectivity index (χ2v) is 9.68. The summed E-state index contributed by atoms with van der Waals surface area (Å²) in [4.78, 5) is 39.6. The number of hydrogen-bond donors (Lipinski definition) is 1. The van der Waals surface area contributed by atoms with Crippen LogP contribution in [0.25, 0.3) is 21.0 Å². The largest absolute Gasteiger partial charge is 0.479 e. The Kier molecular flexibility index (Phi) is 5.78. The normalized spacial score (nSPS) is 12.3. The highest BCUT2D eigenvalue weighted by molar-refractivity contribution is 7.13. The number of halogens is 1. The Hall–Kier alpha value is -3.75. The van der Waals surface area contributed by atoms with E-state index in [9.17, 15) is 19.5 Å². The molecular weight excluding hydrogens is 486 g/mol. The molecule has 0 bridgehead atoms. The molecule has 0 radical (unpaired) electrons. The summed E-state index contributed by atoms with van der Waals surface area (Å²) < 4.78 is 7.84. The van der Waals surface area contributed by atoms with Gasteiger partial charge in [0, 0.05) is 10.4 Å². The van der Waals surface area contributed by atoms with Gasteiger partial charge in [0.05, 0.1) is 27.8 Å². The van der Waals surface area contributed by atoms with Crippen molar-refractivity contribution in [2.75, 3.05) is 0 Å². The van der Waals surface area contributed by atoms with Gasteiger partial charge in [-0.2, -0.15) is 4.37 Å². The number of rotatable bonds is 5. The molecule has 0 amide bonds. The van der Waals surface area contributed by atoms with E-state index in [0.29, 0.717) is 16.2 Å². The number of benzene rings is 3. The number of carbonyl (C=O) groups is 1. The van der Waals surface area contributed by atoms with E-state index in [1.54, 1.807) is 24.3 Å². The van der Waals surface area contributed by atoms with E-state index in [0.717, 1.165) is 25.8 Å². The lowest BCUT2D eigenvalue weighted by Crippen LogP contribution is -2.45. The highest BCUT2D eigenvalue weighted by Crippen LogP contribution is 2.28. The van der Waals surface area contributed by atoms with Gasteiger partial charge >= 0.3 is 11.7 Å². The third-order valence-corrected chi connectivity index (χ3v) is 7.14. The van der Waals surface area contributed by atoms with Crippen LogP contribution in [0.3, 0.4) is 0 Å². The molecule has 0 spiro atoms. The fourth-order valence-electron chi connectivity index (χ4n) is 4.55. The summed E-state index contributed by atoms with van der Waals surface area (Å²) in [6.45, 7) is 4.11. The van der Waals surface area contributed by atoms with Crippen LogP contribution < -0.4 is 11.2 Å². The van der Waals surface area contributed by atoms with E-state index in [1.165, 1.54) is 40.4 Å². The molecule has 0 unspecified atom stereocenters. The molecule has 2 aromatic heterocycles. The minimum atomic E-state index is -1.51. The summed E-state index contributed by atoms with van der Waals surface area (Å²) in [5.41, 5.74) is 2.16. The predicted molar refractivity (Wildman–Crippen MR) is 138 cm³/mol. The lowest BCUT2D eigenvalue weighted by atomic mass is 10.1. The third kappa shape index (κ3) is 3.94. The van der Waals surface area contributed by atoms with Gasteiger partial charge in [-0.3, -0.25) is 9.36 Å². The number of para-hydroxylation sites is 1. The Morgan fingerprint density at radius 1 is 1.09 bits per heavy atom. The van der Waals surface area contributed by atoms with Crippen molar-refractivity contribution in [3.8, 4) is 0 Å². The molecule has 7 nitrogen and oxygen atoms in total. The lowest BCUT2D eigenvalue weighted by molar-refractivity contribution is -0.139. The van der Waals surface area contributed by atoms with Crippen LogP contribution >= 0.6 is 23.1 Å². The SMILES string of the molecule is Cc1cc(C)c2c(Cn3c(=O)n([C@@H](C(=O)O)c4ccc(Cl)cc4)c(=O)c4ccccc43)nsc2c1. The van der Waals surface area contributed by atoms with Crippen LogP contribution in [0.2, 0.25) is 5.02 Å². The minimum Gasteiger partial charge on any atom is -0.479 e.